The zero-order chi connectivity index (χ0) is 45.8. The first-order valence-electron chi connectivity index (χ1n) is 20.0. The minimum Gasteiger partial charge on any atom is -0.436 e. The highest BCUT2D eigenvalue weighted by Crippen LogP contribution is 2.27. The van der Waals surface area contributed by atoms with Gasteiger partial charge >= 0.3 is 23.9 Å². The van der Waals surface area contributed by atoms with Gasteiger partial charge in [0.2, 0.25) is 0 Å². The van der Waals surface area contributed by atoms with Crippen LogP contribution in [-0.2, 0) is 57.1 Å². The summed E-state index contributed by atoms with van der Waals surface area (Å²) in [5.74, 6) is -2.19. The van der Waals surface area contributed by atoms with Crippen molar-refractivity contribution in [2.75, 3.05) is 26.4 Å². The molecule has 0 rings (SSSR count). The van der Waals surface area contributed by atoms with Crippen LogP contribution < -0.4 is 0 Å². The van der Waals surface area contributed by atoms with Crippen molar-refractivity contribution in [2.24, 2.45) is 30.4 Å². The van der Waals surface area contributed by atoms with E-state index in [1.54, 1.807) is 55.4 Å². The Morgan fingerprint density at radius 1 is 0.517 bits per heavy atom. The van der Waals surface area contributed by atoms with Gasteiger partial charge in [0.25, 0.3) is 0 Å². The Kier molecular flexibility index (Phi) is 26.4. The topological polar surface area (TPSA) is 264 Å². The van der Waals surface area contributed by atoms with Crippen molar-refractivity contribution in [2.45, 2.75) is 181 Å². The molecule has 60 heavy (non-hydrogen) atoms. The Morgan fingerprint density at radius 2 is 0.800 bits per heavy atom. The molecule has 0 aromatic heterocycles. The second-order valence-electron chi connectivity index (χ2n) is 14.5. The van der Waals surface area contributed by atoms with E-state index in [4.69, 9.17) is 37.9 Å². The van der Waals surface area contributed by atoms with Crippen LogP contribution in [0.1, 0.15) is 133 Å². The minimum absolute atomic E-state index is 0.00152. The van der Waals surface area contributed by atoms with Gasteiger partial charge in [-0.25, -0.2) is 0 Å². The van der Waals surface area contributed by atoms with E-state index in [9.17, 15) is 29.7 Å². The molecule has 20 heteroatoms. The first-order valence-corrected chi connectivity index (χ1v) is 20.0. The molecule has 0 fully saturated rings. The summed E-state index contributed by atoms with van der Waals surface area (Å²) in [6.07, 6.45) is -2.03. The Labute approximate surface area is 354 Å². The van der Waals surface area contributed by atoms with E-state index in [1.807, 2.05) is 12.1 Å². The van der Waals surface area contributed by atoms with Gasteiger partial charge in [-0.05, 0) is 108 Å². The Morgan fingerprint density at radius 3 is 1.07 bits per heavy atom. The molecule has 0 radical (unpaired) electrons. The van der Waals surface area contributed by atoms with Crippen molar-refractivity contribution in [1.29, 1.82) is 10.5 Å². The molecule has 0 spiro atoms. The molecule has 0 saturated heterocycles. The van der Waals surface area contributed by atoms with Crippen molar-refractivity contribution in [3.63, 3.8) is 0 Å². The molecule has 0 aliphatic carbocycles. The van der Waals surface area contributed by atoms with Gasteiger partial charge in [0, 0.05) is 51.7 Å². The highest BCUT2D eigenvalue weighted by Gasteiger charge is 2.31. The van der Waals surface area contributed by atoms with E-state index in [0.29, 0.717) is 26.1 Å². The molecular weight excluding hydrogens is 784 g/mol. The van der Waals surface area contributed by atoms with E-state index in [-0.39, 0.29) is 64.6 Å². The van der Waals surface area contributed by atoms with E-state index in [2.05, 4.69) is 43.9 Å². The maximum absolute atomic E-state index is 12.5. The number of esters is 4. The van der Waals surface area contributed by atoms with Crippen molar-refractivity contribution in [3.05, 3.63) is 0 Å². The van der Waals surface area contributed by atoms with Gasteiger partial charge in [0.15, 0.2) is 47.6 Å². The third-order valence-corrected chi connectivity index (χ3v) is 8.61. The van der Waals surface area contributed by atoms with Crippen molar-refractivity contribution < 1.29 is 57.1 Å². The molecule has 8 atom stereocenters. The average Bonchev–Trinajstić information content (AvgIpc) is 3.20. The summed E-state index contributed by atoms with van der Waals surface area (Å²) in [6.45, 7) is 24.6. The number of hydrogen-bond acceptors (Lipinski definition) is 20. The van der Waals surface area contributed by atoms with E-state index < -0.39 is 71.4 Å². The number of ether oxygens (including phenoxy) is 8. The van der Waals surface area contributed by atoms with Crippen LogP contribution in [0, 0.1) is 22.7 Å². The number of rotatable bonds is 33. The first kappa shape index (κ1) is 55.2. The molecule has 0 saturated carbocycles. The lowest BCUT2D eigenvalue weighted by atomic mass is 9.97. The summed E-state index contributed by atoms with van der Waals surface area (Å²) in [5, 5.41) is 36.0. The van der Waals surface area contributed by atoms with Crippen molar-refractivity contribution >= 4 is 37.3 Å². The molecule has 0 amide bonds. The normalized spacial score (nSPS) is 17.5. The molecule has 0 N–H and O–H groups in total. The number of unbranched alkanes of at least 4 members (excludes halogenated alkanes) is 1. The zero-order valence-electron chi connectivity index (χ0n) is 37.1. The largest absolute Gasteiger partial charge is 0.436 e. The number of azo groups is 2. The fourth-order valence-electron chi connectivity index (χ4n) is 4.67. The monoisotopic (exact) mass is 850 g/mol. The average molecular weight is 851 g/mol. The molecule has 338 valence electrons. The lowest BCUT2D eigenvalue weighted by Gasteiger charge is -2.23. The number of aliphatic imine (C=N–C) groups is 2. The number of carbonyl (C=O) groups is 4. The van der Waals surface area contributed by atoms with Crippen molar-refractivity contribution in [3.8, 4) is 12.1 Å². The molecule has 8 unspecified atom stereocenters. The van der Waals surface area contributed by atoms with Gasteiger partial charge in [-0.15, -0.1) is 0 Å². The predicted octanol–water partition coefficient (Wildman–Crippen LogP) is 6.85. The van der Waals surface area contributed by atoms with Crippen LogP contribution in [0.2, 0.25) is 0 Å². The van der Waals surface area contributed by atoms with Crippen LogP contribution in [0.4, 0.5) is 0 Å². The molecule has 0 aliphatic heterocycles. The summed E-state index contributed by atoms with van der Waals surface area (Å²) < 4.78 is 42.5. The summed E-state index contributed by atoms with van der Waals surface area (Å²) in [6, 6.07) is 4.02. The number of nitrogens with zero attached hydrogens (tertiary/aromatic N) is 8. The standard InChI is InChI=1S/C40H66N8O12/c1-13-53-29(3)57-33(49)17-21-37(7,27-41)45-46-38(8,28-42)22-18-34(50)59-31(5)55-25-15-16-26-56-32(6)60-36(52)20-24-40(10,44-12)48-47-39(9,43-11)23-19-35(51)58-30(4)54-14-2/h29-32H,11-26H2,1-10H3/b46-45-,48-47-. The molecule has 0 aromatic carbocycles. The highest BCUT2D eigenvalue weighted by atomic mass is 16.7. The third kappa shape index (κ3) is 25.0. The third-order valence-electron chi connectivity index (χ3n) is 8.61. The Balaban J connectivity index is 4.61. The van der Waals surface area contributed by atoms with Crippen LogP contribution >= 0.6 is 0 Å². The second-order valence-corrected chi connectivity index (χ2v) is 14.5. The number of carbonyl (C=O) groups excluding carboxylic acids is 4. The summed E-state index contributed by atoms with van der Waals surface area (Å²) in [4.78, 5) is 57.3. The number of hydrogen-bond donors (Lipinski definition) is 0. The van der Waals surface area contributed by atoms with E-state index in [0.717, 1.165) is 0 Å². The van der Waals surface area contributed by atoms with Crippen LogP contribution in [-0.4, -0.2) is 111 Å². The van der Waals surface area contributed by atoms with Gasteiger partial charge in [0.05, 0.1) is 25.4 Å². The smallest absolute Gasteiger partial charge is 0.308 e. The SMILES string of the molecule is C=NC(C)(CCC(=O)OC(C)OCC)/N=N\C(C)(CCC(=O)OC(C)OCCCCOC(C)OC(=O)CCC(C)(C#N)/N=N\C(C)(C#N)CCC(=O)OC(C)OCC)N=C. The van der Waals surface area contributed by atoms with E-state index in [1.165, 1.54) is 13.8 Å². The van der Waals surface area contributed by atoms with E-state index >= 15 is 0 Å². The summed E-state index contributed by atoms with van der Waals surface area (Å²) in [7, 11) is 0. The maximum atomic E-state index is 12.5. The molecule has 20 nitrogen and oxygen atoms in total. The van der Waals surface area contributed by atoms with Crippen LogP contribution in [0.5, 0.6) is 0 Å². The Bertz CT molecular complexity index is 1520. The lowest BCUT2D eigenvalue weighted by Crippen LogP contribution is -2.27. The van der Waals surface area contributed by atoms with Crippen LogP contribution in [0.15, 0.2) is 30.4 Å². The molecule has 0 heterocycles. The lowest BCUT2D eigenvalue weighted by molar-refractivity contribution is -0.179. The quantitative estimate of drug-likeness (QED) is 0.0163. The maximum Gasteiger partial charge on any atom is 0.308 e. The first-order chi connectivity index (χ1) is 28.1. The van der Waals surface area contributed by atoms with Gasteiger partial charge in [-0.1, -0.05) is 0 Å². The fourth-order valence-corrected chi connectivity index (χ4v) is 4.67. The Hall–Kier alpha value is -4.76. The van der Waals surface area contributed by atoms with Crippen LogP contribution in [0.25, 0.3) is 0 Å². The summed E-state index contributed by atoms with van der Waals surface area (Å²) >= 11 is 0. The summed E-state index contributed by atoms with van der Waals surface area (Å²) in [5.41, 5.74) is -5.13. The van der Waals surface area contributed by atoms with Gasteiger partial charge in [0.1, 0.15) is 0 Å². The van der Waals surface area contributed by atoms with Gasteiger partial charge in [-0.3, -0.25) is 29.2 Å². The van der Waals surface area contributed by atoms with Crippen molar-refractivity contribution in [1.82, 2.24) is 0 Å². The minimum atomic E-state index is -1.43. The second kappa shape index (κ2) is 28.7. The fraction of sp³-hybridized carbons (Fsp3) is 0.800. The number of nitriles is 2. The zero-order valence-corrected chi connectivity index (χ0v) is 37.1. The molecule has 0 aromatic rings. The highest BCUT2D eigenvalue weighted by molar-refractivity contribution is 5.70. The molecule has 0 aliphatic rings. The predicted molar refractivity (Wildman–Crippen MR) is 217 cm³/mol. The molecular formula is C40H66N8O12. The van der Waals surface area contributed by atoms with Gasteiger partial charge in [-0.2, -0.15) is 31.0 Å². The molecule has 0 bridgehead atoms. The van der Waals surface area contributed by atoms with Gasteiger partial charge < -0.3 is 37.9 Å². The van der Waals surface area contributed by atoms with Crippen LogP contribution in [0.3, 0.4) is 0 Å².